The van der Waals surface area contributed by atoms with Crippen molar-refractivity contribution in [3.63, 3.8) is 0 Å². The number of nitro groups is 1. The molecule has 2 heterocycles. The standard InChI is InChI=1S/C19H13ClN4O2S/c1-11-2-4-12(5-3-11)14-9-27-19-17(14)18(21-10-22-19)23-13-6-7-15(20)16(8-13)24(25)26/h2-10H,1H3,(H,21,22,23). The van der Waals surface area contributed by atoms with Crippen molar-refractivity contribution < 1.29 is 4.92 Å². The van der Waals surface area contributed by atoms with Crippen LogP contribution >= 0.6 is 22.9 Å². The molecular weight excluding hydrogens is 384 g/mol. The molecule has 6 nitrogen and oxygen atoms in total. The van der Waals surface area contributed by atoms with Gasteiger partial charge in [0, 0.05) is 22.7 Å². The third kappa shape index (κ3) is 3.34. The van der Waals surface area contributed by atoms with E-state index in [-0.39, 0.29) is 10.7 Å². The van der Waals surface area contributed by atoms with E-state index in [1.807, 2.05) is 12.3 Å². The van der Waals surface area contributed by atoms with Gasteiger partial charge < -0.3 is 5.32 Å². The summed E-state index contributed by atoms with van der Waals surface area (Å²) in [7, 11) is 0. The fourth-order valence-electron chi connectivity index (χ4n) is 2.78. The Morgan fingerprint density at radius 3 is 2.67 bits per heavy atom. The number of nitrogens with one attached hydrogen (secondary N) is 1. The van der Waals surface area contributed by atoms with Gasteiger partial charge in [-0.1, -0.05) is 41.4 Å². The van der Waals surface area contributed by atoms with Gasteiger partial charge in [-0.25, -0.2) is 9.97 Å². The maximum atomic E-state index is 11.1. The van der Waals surface area contributed by atoms with Gasteiger partial charge in [-0.3, -0.25) is 10.1 Å². The number of halogens is 1. The van der Waals surface area contributed by atoms with Crippen molar-refractivity contribution in [3.05, 3.63) is 74.9 Å². The van der Waals surface area contributed by atoms with E-state index in [4.69, 9.17) is 11.6 Å². The molecular formula is C19H13ClN4O2S. The lowest BCUT2D eigenvalue weighted by Crippen LogP contribution is -1.97. The van der Waals surface area contributed by atoms with Crippen LogP contribution in [0.1, 0.15) is 5.56 Å². The number of hydrogen-bond acceptors (Lipinski definition) is 6. The van der Waals surface area contributed by atoms with Crippen molar-refractivity contribution in [1.82, 2.24) is 9.97 Å². The van der Waals surface area contributed by atoms with E-state index >= 15 is 0 Å². The van der Waals surface area contributed by atoms with E-state index in [0.717, 1.165) is 21.3 Å². The lowest BCUT2D eigenvalue weighted by atomic mass is 10.0. The molecule has 2 aromatic heterocycles. The first-order chi connectivity index (χ1) is 13.0. The summed E-state index contributed by atoms with van der Waals surface area (Å²) < 4.78 is 0. The number of thiophene rings is 1. The minimum Gasteiger partial charge on any atom is -0.339 e. The van der Waals surface area contributed by atoms with Crippen molar-refractivity contribution >= 4 is 50.3 Å². The van der Waals surface area contributed by atoms with E-state index in [9.17, 15) is 10.1 Å². The molecule has 0 amide bonds. The molecule has 4 aromatic rings. The number of nitrogens with zero attached hydrogens (tertiary/aromatic N) is 3. The van der Waals surface area contributed by atoms with Crippen LogP contribution in [0.15, 0.2) is 54.2 Å². The molecule has 8 heteroatoms. The Morgan fingerprint density at radius 2 is 1.93 bits per heavy atom. The van der Waals surface area contributed by atoms with Crippen LogP contribution in [-0.2, 0) is 0 Å². The van der Waals surface area contributed by atoms with Gasteiger partial charge in [-0.2, -0.15) is 0 Å². The smallest absolute Gasteiger partial charge is 0.289 e. The third-order valence-corrected chi connectivity index (χ3v) is 5.34. The summed E-state index contributed by atoms with van der Waals surface area (Å²) in [5.74, 6) is 0.591. The fourth-order valence-corrected chi connectivity index (χ4v) is 3.88. The maximum absolute atomic E-state index is 11.1. The number of aromatic nitrogens is 2. The molecule has 4 rings (SSSR count). The van der Waals surface area contributed by atoms with Crippen LogP contribution in [-0.4, -0.2) is 14.9 Å². The number of anilines is 2. The first kappa shape index (κ1) is 17.4. The summed E-state index contributed by atoms with van der Waals surface area (Å²) in [6.07, 6.45) is 1.48. The topological polar surface area (TPSA) is 81.0 Å². The molecule has 134 valence electrons. The van der Waals surface area contributed by atoms with Gasteiger partial charge in [0.25, 0.3) is 5.69 Å². The molecule has 1 N–H and O–H groups in total. The van der Waals surface area contributed by atoms with Crippen LogP contribution in [0.25, 0.3) is 21.3 Å². The highest BCUT2D eigenvalue weighted by Gasteiger charge is 2.16. The van der Waals surface area contributed by atoms with Crippen LogP contribution in [0, 0.1) is 17.0 Å². The van der Waals surface area contributed by atoms with Gasteiger partial charge in [0.2, 0.25) is 0 Å². The molecule has 0 saturated carbocycles. The lowest BCUT2D eigenvalue weighted by molar-refractivity contribution is -0.384. The second kappa shape index (κ2) is 6.94. The fraction of sp³-hybridized carbons (Fsp3) is 0.0526. The van der Waals surface area contributed by atoms with Crippen LogP contribution in [0.2, 0.25) is 5.02 Å². The zero-order valence-electron chi connectivity index (χ0n) is 14.1. The molecule has 27 heavy (non-hydrogen) atoms. The SMILES string of the molecule is Cc1ccc(-c2csc3ncnc(Nc4ccc(Cl)c([N+](=O)[O-])c4)c23)cc1. The molecule has 0 aliphatic heterocycles. The number of nitro benzene ring substituents is 1. The summed E-state index contributed by atoms with van der Waals surface area (Å²) in [5.41, 5.74) is 3.64. The Morgan fingerprint density at radius 1 is 1.15 bits per heavy atom. The van der Waals surface area contributed by atoms with Gasteiger partial charge in [-0.15, -0.1) is 11.3 Å². The highest BCUT2D eigenvalue weighted by atomic mass is 35.5. The van der Waals surface area contributed by atoms with Gasteiger partial charge >= 0.3 is 0 Å². The second-order valence-electron chi connectivity index (χ2n) is 5.97. The summed E-state index contributed by atoms with van der Waals surface area (Å²) >= 11 is 7.42. The first-order valence-corrected chi connectivity index (χ1v) is 9.29. The zero-order valence-corrected chi connectivity index (χ0v) is 15.7. The predicted molar refractivity (Wildman–Crippen MR) is 109 cm³/mol. The molecule has 0 spiro atoms. The molecule has 0 aliphatic carbocycles. The molecule has 2 aromatic carbocycles. The molecule has 0 radical (unpaired) electrons. The number of fused-ring (bicyclic) bond motifs is 1. The van der Waals surface area contributed by atoms with Crippen LogP contribution in [0.4, 0.5) is 17.2 Å². The first-order valence-electron chi connectivity index (χ1n) is 8.03. The van der Waals surface area contributed by atoms with E-state index < -0.39 is 4.92 Å². The molecule has 0 bridgehead atoms. The Labute approximate surface area is 163 Å². The van der Waals surface area contributed by atoms with Crippen LogP contribution in [0.5, 0.6) is 0 Å². The quantitative estimate of drug-likeness (QED) is 0.339. The zero-order chi connectivity index (χ0) is 19.0. The van der Waals surface area contributed by atoms with Crippen LogP contribution < -0.4 is 5.32 Å². The largest absolute Gasteiger partial charge is 0.339 e. The van der Waals surface area contributed by atoms with Crippen molar-refractivity contribution in [2.75, 3.05) is 5.32 Å². The van der Waals surface area contributed by atoms with Crippen molar-refractivity contribution in [1.29, 1.82) is 0 Å². The highest BCUT2D eigenvalue weighted by Crippen LogP contribution is 2.38. The van der Waals surface area contributed by atoms with E-state index in [0.29, 0.717) is 11.5 Å². The minimum absolute atomic E-state index is 0.0919. The Bertz CT molecular complexity index is 1160. The molecule has 0 aliphatic rings. The average molecular weight is 397 g/mol. The second-order valence-corrected chi connectivity index (χ2v) is 7.23. The lowest BCUT2D eigenvalue weighted by Gasteiger charge is -2.09. The van der Waals surface area contributed by atoms with E-state index in [1.54, 1.807) is 6.07 Å². The summed E-state index contributed by atoms with van der Waals surface area (Å²) in [4.78, 5) is 20.2. The third-order valence-electron chi connectivity index (χ3n) is 4.14. The Kier molecular flexibility index (Phi) is 4.47. The summed E-state index contributed by atoms with van der Waals surface area (Å²) in [5, 5.41) is 17.3. The Hall–Kier alpha value is -3.03. The molecule has 0 unspecified atom stereocenters. The highest BCUT2D eigenvalue weighted by molar-refractivity contribution is 7.17. The van der Waals surface area contributed by atoms with Gasteiger partial charge in [0.05, 0.1) is 10.3 Å². The molecule has 0 saturated heterocycles. The minimum atomic E-state index is -0.509. The maximum Gasteiger partial charge on any atom is 0.289 e. The molecule has 0 atom stereocenters. The summed E-state index contributed by atoms with van der Waals surface area (Å²) in [6.45, 7) is 2.04. The van der Waals surface area contributed by atoms with E-state index in [1.165, 1.54) is 35.4 Å². The number of aryl methyl sites for hydroxylation is 1. The van der Waals surface area contributed by atoms with Gasteiger partial charge in [0.15, 0.2) is 0 Å². The Balaban J connectivity index is 1.81. The average Bonchev–Trinajstić information content (AvgIpc) is 3.09. The normalized spacial score (nSPS) is 10.9. The number of rotatable bonds is 4. The number of benzene rings is 2. The molecule has 0 fully saturated rings. The monoisotopic (exact) mass is 396 g/mol. The number of hydrogen-bond donors (Lipinski definition) is 1. The van der Waals surface area contributed by atoms with Gasteiger partial charge in [0.1, 0.15) is 22.0 Å². The van der Waals surface area contributed by atoms with Crippen molar-refractivity contribution in [3.8, 4) is 11.1 Å². The van der Waals surface area contributed by atoms with Crippen molar-refractivity contribution in [2.24, 2.45) is 0 Å². The van der Waals surface area contributed by atoms with Gasteiger partial charge in [-0.05, 0) is 24.6 Å². The summed E-state index contributed by atoms with van der Waals surface area (Å²) in [6, 6.07) is 12.8. The van der Waals surface area contributed by atoms with Crippen LogP contribution in [0.3, 0.4) is 0 Å². The van der Waals surface area contributed by atoms with E-state index in [2.05, 4.69) is 39.6 Å². The van der Waals surface area contributed by atoms with Crippen molar-refractivity contribution in [2.45, 2.75) is 6.92 Å². The predicted octanol–water partition coefficient (Wildman–Crippen LogP) is 5.97.